The van der Waals surface area contributed by atoms with Crippen LogP contribution in [0.1, 0.15) is 128 Å². The van der Waals surface area contributed by atoms with E-state index < -0.39 is 0 Å². The molecule has 0 atom stereocenters. The highest BCUT2D eigenvalue weighted by Crippen LogP contribution is 2.46. The first-order chi connectivity index (χ1) is 19.5. The quantitative estimate of drug-likeness (QED) is 0.289. The van der Waals surface area contributed by atoms with Gasteiger partial charge in [-0.15, -0.1) is 0 Å². The molecule has 4 nitrogen and oxygen atoms in total. The average Bonchev–Trinajstić information content (AvgIpc) is 3.38. The Morgan fingerprint density at radius 1 is 0.537 bits per heavy atom. The maximum absolute atomic E-state index is 14.3. The van der Waals surface area contributed by atoms with Crippen molar-refractivity contribution in [3.63, 3.8) is 0 Å². The topological polar surface area (TPSA) is 40.6 Å². The Balaban J connectivity index is 1.86. The van der Waals surface area contributed by atoms with Gasteiger partial charge < -0.3 is 9.80 Å². The largest absolute Gasteiger partial charge is 0.301 e. The molecule has 41 heavy (non-hydrogen) atoms. The van der Waals surface area contributed by atoms with Crippen LogP contribution in [0, 0.1) is 0 Å². The number of carbonyl (C=O) groups excluding carboxylic acids is 2. The second-order valence-electron chi connectivity index (χ2n) is 12.5. The maximum Gasteiger partial charge on any atom is 0.193 e. The third kappa shape index (κ3) is 4.94. The second-order valence-corrected chi connectivity index (χ2v) is 12.5. The van der Waals surface area contributed by atoms with Crippen LogP contribution in [0.5, 0.6) is 0 Å². The number of anilines is 2. The average molecular weight is 547 g/mol. The summed E-state index contributed by atoms with van der Waals surface area (Å²) in [5, 5.41) is 0. The summed E-state index contributed by atoms with van der Waals surface area (Å²) in [4.78, 5) is 32.2. The number of allylic oxidation sites excluding steroid dienone is 1. The van der Waals surface area contributed by atoms with Crippen LogP contribution < -0.4 is 9.80 Å². The van der Waals surface area contributed by atoms with Crippen LogP contribution in [-0.2, 0) is 0 Å². The summed E-state index contributed by atoms with van der Waals surface area (Å²) in [6.07, 6.45) is 4.26. The molecule has 1 aliphatic heterocycles. The highest BCUT2D eigenvalue weighted by Gasteiger charge is 2.38. The molecule has 0 amide bonds. The summed E-state index contributed by atoms with van der Waals surface area (Å²) in [6.45, 7) is 17.7. The van der Waals surface area contributed by atoms with Gasteiger partial charge in [0.2, 0.25) is 0 Å². The standard InChI is InChI=1S/C37H42N2O2/c1-22(2)26-15-11-16-27(23(3)4)34(26)38-19-20-39(35-28(24(5)6)17-12-18-29(35)25(7)8)37(38)32-21-33(40)30-13-9-10-14-31(30)36(32)41/h9-20,22-25H,21H2,1-8H3. The number of fused-ring (bicyclic) bond motifs is 1. The number of hydrogen-bond acceptors (Lipinski definition) is 4. The molecular weight excluding hydrogens is 504 g/mol. The Labute approximate surface area is 245 Å². The number of nitrogens with zero attached hydrogens (tertiary/aromatic N) is 2. The van der Waals surface area contributed by atoms with Crippen LogP contribution in [0.3, 0.4) is 0 Å². The van der Waals surface area contributed by atoms with E-state index in [1.165, 1.54) is 22.3 Å². The van der Waals surface area contributed by atoms with Gasteiger partial charge in [-0.3, -0.25) is 9.59 Å². The van der Waals surface area contributed by atoms with Crippen molar-refractivity contribution >= 4 is 22.9 Å². The molecule has 0 saturated carbocycles. The van der Waals surface area contributed by atoms with Crippen molar-refractivity contribution in [3.8, 4) is 0 Å². The van der Waals surface area contributed by atoms with Crippen molar-refractivity contribution < 1.29 is 9.59 Å². The van der Waals surface area contributed by atoms with Crippen molar-refractivity contribution in [1.82, 2.24) is 0 Å². The Kier molecular flexibility index (Phi) is 7.78. The highest BCUT2D eigenvalue weighted by atomic mass is 16.1. The van der Waals surface area contributed by atoms with Gasteiger partial charge in [0.05, 0.1) is 11.4 Å². The predicted molar refractivity (Wildman–Crippen MR) is 170 cm³/mol. The normalized spacial score (nSPS) is 15.4. The number of carbonyl (C=O) groups is 2. The zero-order valence-electron chi connectivity index (χ0n) is 25.7. The van der Waals surface area contributed by atoms with Gasteiger partial charge in [0.1, 0.15) is 5.82 Å². The first kappa shape index (κ1) is 28.6. The van der Waals surface area contributed by atoms with Crippen LogP contribution in [-0.4, -0.2) is 11.6 Å². The highest BCUT2D eigenvalue weighted by molar-refractivity contribution is 6.23. The third-order valence-corrected chi connectivity index (χ3v) is 8.34. The Bertz CT molecular complexity index is 1440. The number of rotatable bonds is 6. The van der Waals surface area contributed by atoms with Crippen LogP contribution in [0.15, 0.2) is 84.5 Å². The fourth-order valence-electron chi connectivity index (χ4n) is 6.23. The molecular formula is C37H42N2O2. The van der Waals surface area contributed by atoms with Gasteiger partial charge in [-0.2, -0.15) is 0 Å². The summed E-state index contributed by atoms with van der Waals surface area (Å²) in [5.74, 6) is 1.77. The Hall–Kier alpha value is -3.92. The lowest BCUT2D eigenvalue weighted by Crippen LogP contribution is -2.32. The molecule has 4 heteroatoms. The first-order valence-corrected chi connectivity index (χ1v) is 14.9. The molecule has 3 aromatic rings. The first-order valence-electron chi connectivity index (χ1n) is 14.9. The molecule has 2 aliphatic rings. The zero-order valence-corrected chi connectivity index (χ0v) is 25.7. The van der Waals surface area contributed by atoms with E-state index >= 15 is 0 Å². The number of Topliss-reactive ketones (excluding diaryl/α,β-unsaturated/α-hetero) is 2. The van der Waals surface area contributed by atoms with E-state index in [2.05, 4.69) is 114 Å². The van der Waals surface area contributed by atoms with Crippen LogP contribution in [0.2, 0.25) is 0 Å². The lowest BCUT2D eigenvalue weighted by Gasteiger charge is -2.35. The molecule has 1 heterocycles. The minimum Gasteiger partial charge on any atom is -0.301 e. The molecule has 0 fully saturated rings. The van der Waals surface area contributed by atoms with E-state index in [9.17, 15) is 9.59 Å². The van der Waals surface area contributed by atoms with Crippen molar-refractivity contribution in [2.24, 2.45) is 0 Å². The smallest absolute Gasteiger partial charge is 0.193 e. The number of para-hydroxylation sites is 2. The maximum atomic E-state index is 14.3. The van der Waals surface area contributed by atoms with Crippen LogP contribution in [0.4, 0.5) is 11.4 Å². The summed E-state index contributed by atoms with van der Waals surface area (Å²) >= 11 is 0. The molecule has 3 aromatic carbocycles. The SMILES string of the molecule is CC(C)c1cccc(C(C)C)c1N1C=CN(c2c(C(C)C)cccc2C(C)C)C1=C1CC(=O)c2ccccc2C1=O. The minimum absolute atomic E-state index is 0.0167. The van der Waals surface area contributed by atoms with Crippen LogP contribution in [0.25, 0.3) is 0 Å². The lowest BCUT2D eigenvalue weighted by molar-refractivity contribution is 0.0934. The predicted octanol–water partition coefficient (Wildman–Crippen LogP) is 9.66. The van der Waals surface area contributed by atoms with E-state index in [4.69, 9.17) is 0 Å². The monoisotopic (exact) mass is 546 g/mol. The van der Waals surface area contributed by atoms with Crippen LogP contribution >= 0.6 is 0 Å². The molecule has 0 saturated heterocycles. The lowest BCUT2D eigenvalue weighted by atomic mass is 9.85. The van der Waals surface area contributed by atoms with Gasteiger partial charge in [0.15, 0.2) is 11.6 Å². The van der Waals surface area contributed by atoms with E-state index in [-0.39, 0.29) is 41.7 Å². The molecule has 0 spiro atoms. The molecule has 0 unspecified atom stereocenters. The van der Waals surface area contributed by atoms with Crippen molar-refractivity contribution in [2.75, 3.05) is 9.80 Å². The fourth-order valence-corrected chi connectivity index (χ4v) is 6.23. The number of ketones is 2. The van der Waals surface area contributed by atoms with E-state index in [0.29, 0.717) is 16.7 Å². The second kappa shape index (κ2) is 11.2. The van der Waals surface area contributed by atoms with E-state index in [0.717, 1.165) is 17.2 Å². The van der Waals surface area contributed by atoms with Crippen molar-refractivity contribution in [1.29, 1.82) is 0 Å². The summed E-state index contributed by atoms with van der Waals surface area (Å²) < 4.78 is 0. The van der Waals surface area contributed by atoms with E-state index in [1.54, 1.807) is 12.1 Å². The molecule has 5 rings (SSSR count). The number of hydrogen-bond donors (Lipinski definition) is 0. The van der Waals surface area contributed by atoms with Crippen molar-refractivity contribution in [2.45, 2.75) is 85.5 Å². The van der Waals surface area contributed by atoms with Gasteiger partial charge in [-0.05, 0) is 45.9 Å². The zero-order chi connectivity index (χ0) is 29.6. The van der Waals surface area contributed by atoms with Crippen molar-refractivity contribution in [3.05, 3.63) is 118 Å². The molecule has 1 aliphatic carbocycles. The summed E-state index contributed by atoms with van der Waals surface area (Å²) in [5.41, 5.74) is 8.63. The minimum atomic E-state index is -0.0739. The van der Waals surface area contributed by atoms with Gasteiger partial charge in [-0.25, -0.2) is 0 Å². The molecule has 0 bridgehead atoms. The fraction of sp³-hybridized carbons (Fsp3) is 0.351. The van der Waals surface area contributed by atoms with E-state index in [1.807, 2.05) is 12.1 Å². The Morgan fingerprint density at radius 3 is 1.32 bits per heavy atom. The summed E-state index contributed by atoms with van der Waals surface area (Å²) in [7, 11) is 0. The van der Waals surface area contributed by atoms with Gasteiger partial charge in [0.25, 0.3) is 0 Å². The Morgan fingerprint density at radius 2 is 0.927 bits per heavy atom. The van der Waals surface area contributed by atoms with Gasteiger partial charge in [-0.1, -0.05) is 116 Å². The molecule has 212 valence electrons. The van der Waals surface area contributed by atoms with Gasteiger partial charge in [0, 0.05) is 35.5 Å². The molecule has 0 radical (unpaired) electrons. The summed E-state index contributed by atoms with van der Waals surface area (Å²) in [6, 6.07) is 20.3. The molecule has 0 aromatic heterocycles. The molecule has 0 N–H and O–H groups in total. The number of benzene rings is 3. The third-order valence-electron chi connectivity index (χ3n) is 8.34. The van der Waals surface area contributed by atoms with Gasteiger partial charge >= 0.3 is 0 Å².